The molecule has 0 aromatic carbocycles. The summed E-state index contributed by atoms with van der Waals surface area (Å²) >= 11 is 0. The average Bonchev–Trinajstić information content (AvgIpc) is 3.29. The summed E-state index contributed by atoms with van der Waals surface area (Å²) in [5.41, 5.74) is 0. The Balaban J connectivity index is 4.38. The van der Waals surface area contributed by atoms with Gasteiger partial charge in [-0.25, -0.2) is 0 Å². The van der Waals surface area contributed by atoms with Crippen molar-refractivity contribution in [1.82, 2.24) is 0 Å². The Bertz CT molecular complexity index is 1210. The molecule has 1 unspecified atom stereocenters. The van der Waals surface area contributed by atoms with Gasteiger partial charge >= 0.3 is 17.9 Å². The van der Waals surface area contributed by atoms with Crippen LogP contribution in [0.5, 0.6) is 0 Å². The second-order valence-electron chi connectivity index (χ2n) is 17.8. The molecule has 0 fully saturated rings. The molecule has 0 aromatic rings. The molecule has 0 spiro atoms. The van der Waals surface area contributed by atoms with Crippen molar-refractivity contribution in [2.24, 2.45) is 0 Å². The molecule has 368 valence electrons. The lowest BCUT2D eigenvalue weighted by molar-refractivity contribution is -0.167. The summed E-state index contributed by atoms with van der Waals surface area (Å²) in [6.45, 7) is 6.45. The normalized spacial score (nSPS) is 12.6. The first kappa shape index (κ1) is 60.9. The first-order valence-corrected chi connectivity index (χ1v) is 27.0. The quantitative estimate of drug-likeness (QED) is 0.0199. The van der Waals surface area contributed by atoms with Crippen LogP contribution in [0.1, 0.15) is 258 Å². The Morgan fingerprint density at radius 2 is 0.656 bits per heavy atom. The maximum Gasteiger partial charge on any atom is 0.306 e. The molecule has 0 aliphatic rings. The molecule has 0 radical (unpaired) electrons. The number of rotatable bonds is 48. The van der Waals surface area contributed by atoms with Crippen molar-refractivity contribution >= 4 is 17.9 Å². The number of ether oxygens (including phenoxy) is 3. The van der Waals surface area contributed by atoms with E-state index in [1.807, 2.05) is 0 Å². The molecule has 0 saturated carbocycles. The van der Waals surface area contributed by atoms with Crippen LogP contribution in [0.15, 0.2) is 72.9 Å². The summed E-state index contributed by atoms with van der Waals surface area (Å²) in [6.07, 6.45) is 66.0. The van der Waals surface area contributed by atoms with Gasteiger partial charge in [0.25, 0.3) is 0 Å². The van der Waals surface area contributed by atoms with Crippen molar-refractivity contribution in [2.75, 3.05) is 13.2 Å². The molecule has 0 amide bonds. The Kier molecular flexibility index (Phi) is 49.9. The van der Waals surface area contributed by atoms with Gasteiger partial charge in [-0.05, 0) is 96.3 Å². The molecule has 6 heteroatoms. The van der Waals surface area contributed by atoms with Gasteiger partial charge in [-0.1, -0.05) is 216 Å². The number of hydrogen-bond donors (Lipinski definition) is 0. The Labute approximate surface area is 395 Å². The molecule has 0 aliphatic carbocycles. The van der Waals surface area contributed by atoms with Crippen LogP contribution in [0.3, 0.4) is 0 Å². The highest BCUT2D eigenvalue weighted by Gasteiger charge is 2.19. The van der Waals surface area contributed by atoms with Gasteiger partial charge in [0.15, 0.2) is 6.10 Å². The summed E-state index contributed by atoms with van der Waals surface area (Å²) in [7, 11) is 0. The van der Waals surface area contributed by atoms with Gasteiger partial charge in [0.1, 0.15) is 13.2 Å². The van der Waals surface area contributed by atoms with E-state index in [0.717, 1.165) is 103 Å². The Hall–Kier alpha value is -3.15. The minimum absolute atomic E-state index is 0.0866. The molecule has 0 aromatic heterocycles. The molecule has 0 N–H and O–H groups in total. The lowest BCUT2D eigenvalue weighted by Crippen LogP contribution is -2.30. The Morgan fingerprint density at radius 1 is 0.344 bits per heavy atom. The molecule has 6 nitrogen and oxygen atoms in total. The van der Waals surface area contributed by atoms with E-state index < -0.39 is 6.10 Å². The monoisotopic (exact) mass is 893 g/mol. The second kappa shape index (κ2) is 52.5. The summed E-state index contributed by atoms with van der Waals surface area (Å²) in [6, 6.07) is 0. The third-order valence-corrected chi connectivity index (χ3v) is 11.5. The van der Waals surface area contributed by atoms with E-state index in [-0.39, 0.29) is 31.1 Å². The number of carbonyl (C=O) groups excluding carboxylic acids is 3. The summed E-state index contributed by atoms with van der Waals surface area (Å²) in [5.74, 6) is -0.913. The van der Waals surface area contributed by atoms with Gasteiger partial charge < -0.3 is 14.2 Å². The van der Waals surface area contributed by atoms with E-state index in [0.29, 0.717) is 19.3 Å². The van der Waals surface area contributed by atoms with Gasteiger partial charge in [0.05, 0.1) is 0 Å². The summed E-state index contributed by atoms with van der Waals surface area (Å²) in [5, 5.41) is 0. The largest absolute Gasteiger partial charge is 0.462 e. The fraction of sp³-hybridized carbons (Fsp3) is 0.741. The standard InChI is InChI=1S/C58H100O6/c1-4-7-10-13-16-19-22-25-27-28-29-30-32-33-36-39-42-45-48-51-57(60)63-54-55(53-62-56(59)50-47-44-41-38-35-24-21-18-15-12-9-6-3)64-58(61)52-49-46-43-40-37-34-31-26-23-20-17-14-11-8-5-2/h9,12,16-23,25-26,55H,4-8,10-11,13-15,24,27-54H2,1-3H3/b12-9-,19-16-,20-17-,21-18-,25-22-,26-23-. The Morgan fingerprint density at radius 3 is 1.03 bits per heavy atom. The lowest BCUT2D eigenvalue weighted by Gasteiger charge is -2.18. The SMILES string of the molecule is CC/C=C\C/C=C\CCCCCCCC(=O)OCC(COC(=O)CCCCCCCCCCCC/C=C\C=C/CCCCC)OC(=O)CCCCCCCC/C=C\C=C/CCCCC. The smallest absolute Gasteiger partial charge is 0.306 e. The molecular formula is C58H100O6. The van der Waals surface area contributed by atoms with Crippen molar-refractivity contribution < 1.29 is 28.6 Å². The van der Waals surface area contributed by atoms with Crippen LogP contribution >= 0.6 is 0 Å². The van der Waals surface area contributed by atoms with Crippen LogP contribution in [0.4, 0.5) is 0 Å². The molecular weight excluding hydrogens is 793 g/mol. The zero-order chi connectivity index (χ0) is 46.5. The molecule has 0 aliphatic heterocycles. The molecule has 0 bridgehead atoms. The number of esters is 3. The van der Waals surface area contributed by atoms with E-state index >= 15 is 0 Å². The van der Waals surface area contributed by atoms with Crippen molar-refractivity contribution in [3.63, 3.8) is 0 Å². The molecule has 0 saturated heterocycles. The third-order valence-electron chi connectivity index (χ3n) is 11.5. The van der Waals surface area contributed by atoms with Crippen LogP contribution in [0, 0.1) is 0 Å². The average molecular weight is 893 g/mol. The molecule has 0 heterocycles. The van der Waals surface area contributed by atoms with E-state index in [2.05, 4.69) is 93.7 Å². The predicted molar refractivity (Wildman–Crippen MR) is 274 cm³/mol. The maximum atomic E-state index is 12.8. The van der Waals surface area contributed by atoms with Crippen LogP contribution in [0.2, 0.25) is 0 Å². The fourth-order valence-corrected chi connectivity index (χ4v) is 7.40. The molecule has 64 heavy (non-hydrogen) atoms. The number of carbonyl (C=O) groups is 3. The number of unbranched alkanes of at least 4 members (excludes halogenated alkanes) is 27. The highest BCUT2D eigenvalue weighted by Crippen LogP contribution is 2.15. The predicted octanol–water partition coefficient (Wildman–Crippen LogP) is 17.8. The van der Waals surface area contributed by atoms with Crippen LogP contribution in [-0.4, -0.2) is 37.2 Å². The van der Waals surface area contributed by atoms with Gasteiger partial charge in [-0.15, -0.1) is 0 Å². The van der Waals surface area contributed by atoms with Crippen molar-refractivity contribution in [3.05, 3.63) is 72.9 Å². The van der Waals surface area contributed by atoms with Crippen molar-refractivity contribution in [1.29, 1.82) is 0 Å². The first-order valence-electron chi connectivity index (χ1n) is 27.0. The van der Waals surface area contributed by atoms with Gasteiger partial charge in [-0.3, -0.25) is 14.4 Å². The van der Waals surface area contributed by atoms with Crippen LogP contribution < -0.4 is 0 Å². The molecule has 1 atom stereocenters. The van der Waals surface area contributed by atoms with Crippen molar-refractivity contribution in [2.45, 2.75) is 264 Å². The third kappa shape index (κ3) is 49.9. The highest BCUT2D eigenvalue weighted by molar-refractivity contribution is 5.71. The lowest BCUT2D eigenvalue weighted by atomic mass is 10.1. The fourth-order valence-electron chi connectivity index (χ4n) is 7.40. The van der Waals surface area contributed by atoms with Crippen LogP contribution in [-0.2, 0) is 28.6 Å². The summed E-state index contributed by atoms with van der Waals surface area (Å²) < 4.78 is 16.8. The summed E-state index contributed by atoms with van der Waals surface area (Å²) in [4.78, 5) is 38.0. The second-order valence-corrected chi connectivity index (χ2v) is 17.8. The minimum atomic E-state index is -0.788. The van der Waals surface area contributed by atoms with Crippen molar-refractivity contribution in [3.8, 4) is 0 Å². The molecule has 0 rings (SSSR count). The minimum Gasteiger partial charge on any atom is -0.462 e. The first-order chi connectivity index (χ1) is 31.5. The van der Waals surface area contributed by atoms with E-state index in [9.17, 15) is 14.4 Å². The zero-order valence-electron chi connectivity index (χ0n) is 42.0. The highest BCUT2D eigenvalue weighted by atomic mass is 16.6. The van der Waals surface area contributed by atoms with E-state index in [1.165, 1.54) is 116 Å². The van der Waals surface area contributed by atoms with Crippen LogP contribution in [0.25, 0.3) is 0 Å². The number of hydrogen-bond acceptors (Lipinski definition) is 6. The van der Waals surface area contributed by atoms with Gasteiger partial charge in [0, 0.05) is 19.3 Å². The topological polar surface area (TPSA) is 78.9 Å². The maximum absolute atomic E-state index is 12.8. The van der Waals surface area contributed by atoms with Gasteiger partial charge in [-0.2, -0.15) is 0 Å². The van der Waals surface area contributed by atoms with E-state index in [1.54, 1.807) is 0 Å². The van der Waals surface area contributed by atoms with Gasteiger partial charge in [0.2, 0.25) is 0 Å². The van der Waals surface area contributed by atoms with E-state index in [4.69, 9.17) is 14.2 Å². The zero-order valence-corrected chi connectivity index (χ0v) is 42.0. The number of allylic oxidation sites excluding steroid dienone is 12.